The number of para-hydroxylation sites is 1. The molecule has 2 aromatic rings. The zero-order valence-corrected chi connectivity index (χ0v) is 12.2. The van der Waals surface area contributed by atoms with E-state index in [2.05, 4.69) is 0 Å². The zero-order valence-electron chi connectivity index (χ0n) is 11.4. The van der Waals surface area contributed by atoms with Crippen LogP contribution in [-0.4, -0.2) is 15.0 Å². The Morgan fingerprint density at radius 3 is 2.25 bits per heavy atom. The van der Waals surface area contributed by atoms with Crippen LogP contribution in [0.15, 0.2) is 53.4 Å². The van der Waals surface area contributed by atoms with Gasteiger partial charge in [0.25, 0.3) is 0 Å². The maximum absolute atomic E-state index is 12.2. The zero-order chi connectivity index (χ0) is 14.6. The minimum atomic E-state index is -3.82. The van der Waals surface area contributed by atoms with Crippen molar-refractivity contribution in [2.45, 2.75) is 18.7 Å². The van der Waals surface area contributed by atoms with Gasteiger partial charge in [-0.2, -0.15) is 8.42 Å². The lowest BCUT2D eigenvalue weighted by Gasteiger charge is -2.09. The molecular weight excluding hydrogens is 276 g/mol. The molecule has 0 N–H and O–H groups in total. The molecule has 0 amide bonds. The van der Waals surface area contributed by atoms with Crippen LogP contribution in [0, 0.1) is 6.92 Å². The van der Waals surface area contributed by atoms with Crippen molar-refractivity contribution in [1.29, 1.82) is 0 Å². The summed E-state index contributed by atoms with van der Waals surface area (Å²) in [5.41, 5.74) is 0.766. The SMILES string of the molecule is CCOc1ccc(S(=O)(=O)Oc2ccccc2C)cc1. The Morgan fingerprint density at radius 2 is 1.65 bits per heavy atom. The summed E-state index contributed by atoms with van der Waals surface area (Å²) >= 11 is 0. The van der Waals surface area contributed by atoms with Gasteiger partial charge in [-0.15, -0.1) is 0 Å². The quantitative estimate of drug-likeness (QED) is 0.794. The van der Waals surface area contributed by atoms with E-state index in [1.807, 2.05) is 13.0 Å². The van der Waals surface area contributed by atoms with Gasteiger partial charge in [-0.1, -0.05) is 18.2 Å². The highest BCUT2D eigenvalue weighted by Crippen LogP contribution is 2.23. The van der Waals surface area contributed by atoms with Gasteiger partial charge in [0.1, 0.15) is 16.4 Å². The van der Waals surface area contributed by atoms with Crippen molar-refractivity contribution in [2.75, 3.05) is 6.61 Å². The maximum Gasteiger partial charge on any atom is 0.339 e. The third-order valence-corrected chi connectivity index (χ3v) is 3.96. The molecule has 0 aliphatic carbocycles. The van der Waals surface area contributed by atoms with Crippen molar-refractivity contribution >= 4 is 10.1 Å². The first-order valence-corrected chi connectivity index (χ1v) is 7.67. The molecule has 2 rings (SSSR count). The molecular formula is C15H16O4S. The lowest BCUT2D eigenvalue weighted by Crippen LogP contribution is -2.10. The molecule has 0 atom stereocenters. The Kier molecular flexibility index (Phi) is 4.29. The second-order valence-electron chi connectivity index (χ2n) is 4.21. The highest BCUT2D eigenvalue weighted by Gasteiger charge is 2.17. The monoisotopic (exact) mass is 292 g/mol. The topological polar surface area (TPSA) is 52.6 Å². The van der Waals surface area contributed by atoms with Crippen molar-refractivity contribution in [1.82, 2.24) is 0 Å². The summed E-state index contributed by atoms with van der Waals surface area (Å²) < 4.78 is 34.7. The summed E-state index contributed by atoms with van der Waals surface area (Å²) in [5.74, 6) is 0.962. The lowest BCUT2D eigenvalue weighted by molar-refractivity contribution is 0.340. The molecule has 0 heterocycles. The molecule has 106 valence electrons. The van der Waals surface area contributed by atoms with E-state index < -0.39 is 10.1 Å². The summed E-state index contributed by atoms with van der Waals surface area (Å²) in [4.78, 5) is 0.101. The first-order valence-electron chi connectivity index (χ1n) is 6.26. The molecule has 0 fully saturated rings. The average molecular weight is 292 g/mol. The Labute approximate surface area is 119 Å². The van der Waals surface area contributed by atoms with Crippen molar-refractivity contribution in [3.8, 4) is 11.5 Å². The third kappa shape index (κ3) is 3.30. The number of hydrogen-bond acceptors (Lipinski definition) is 4. The van der Waals surface area contributed by atoms with Crippen molar-refractivity contribution in [3.05, 3.63) is 54.1 Å². The highest BCUT2D eigenvalue weighted by molar-refractivity contribution is 7.87. The van der Waals surface area contributed by atoms with Crippen LogP contribution in [0.4, 0.5) is 0 Å². The van der Waals surface area contributed by atoms with Gasteiger partial charge >= 0.3 is 10.1 Å². The van der Waals surface area contributed by atoms with E-state index >= 15 is 0 Å². The van der Waals surface area contributed by atoms with E-state index in [1.54, 1.807) is 37.3 Å². The Balaban J connectivity index is 2.24. The maximum atomic E-state index is 12.2. The standard InChI is InChI=1S/C15H16O4S/c1-3-18-13-8-10-14(11-9-13)20(16,17)19-15-7-5-4-6-12(15)2/h4-11H,3H2,1-2H3. The largest absolute Gasteiger partial charge is 0.494 e. The molecule has 0 saturated carbocycles. The number of hydrogen-bond donors (Lipinski definition) is 0. The van der Waals surface area contributed by atoms with Crippen molar-refractivity contribution in [3.63, 3.8) is 0 Å². The Bertz CT molecular complexity index is 675. The predicted octanol–water partition coefficient (Wildman–Crippen LogP) is 3.16. The molecule has 0 spiro atoms. The summed E-state index contributed by atoms with van der Waals surface area (Å²) in [6, 6.07) is 13.1. The number of ether oxygens (including phenoxy) is 1. The molecule has 2 aromatic carbocycles. The van der Waals surface area contributed by atoms with E-state index in [4.69, 9.17) is 8.92 Å². The second kappa shape index (κ2) is 5.96. The number of benzene rings is 2. The van der Waals surface area contributed by atoms with E-state index in [-0.39, 0.29) is 4.90 Å². The van der Waals surface area contributed by atoms with Crippen LogP contribution < -0.4 is 8.92 Å². The molecule has 0 unspecified atom stereocenters. The van der Waals surface area contributed by atoms with Crippen LogP contribution in [0.2, 0.25) is 0 Å². The second-order valence-corrected chi connectivity index (χ2v) is 5.75. The van der Waals surface area contributed by atoms with E-state index in [0.717, 1.165) is 5.56 Å². The fourth-order valence-electron chi connectivity index (χ4n) is 1.69. The van der Waals surface area contributed by atoms with Gasteiger partial charge < -0.3 is 8.92 Å². The predicted molar refractivity (Wildman–Crippen MR) is 76.6 cm³/mol. The van der Waals surface area contributed by atoms with Crippen LogP contribution >= 0.6 is 0 Å². The van der Waals surface area contributed by atoms with Gasteiger partial charge in [0.05, 0.1) is 6.61 Å². The third-order valence-electron chi connectivity index (χ3n) is 2.72. The first kappa shape index (κ1) is 14.4. The van der Waals surface area contributed by atoms with Crippen LogP contribution in [0.1, 0.15) is 12.5 Å². The van der Waals surface area contributed by atoms with Gasteiger partial charge in [-0.05, 0) is 49.7 Å². The molecule has 4 nitrogen and oxygen atoms in total. The first-order chi connectivity index (χ1) is 9.53. The van der Waals surface area contributed by atoms with Gasteiger partial charge in [0, 0.05) is 0 Å². The summed E-state index contributed by atoms with van der Waals surface area (Å²) in [6.07, 6.45) is 0. The smallest absolute Gasteiger partial charge is 0.339 e. The molecule has 0 aromatic heterocycles. The molecule has 0 radical (unpaired) electrons. The number of aryl methyl sites for hydroxylation is 1. The van der Waals surface area contributed by atoms with Crippen molar-refractivity contribution < 1.29 is 17.3 Å². The fraction of sp³-hybridized carbons (Fsp3) is 0.200. The minimum absolute atomic E-state index is 0.101. The molecule has 20 heavy (non-hydrogen) atoms. The van der Waals surface area contributed by atoms with Crippen LogP contribution in [0.5, 0.6) is 11.5 Å². The Hall–Kier alpha value is -2.01. The lowest BCUT2D eigenvalue weighted by atomic mass is 10.2. The Morgan fingerprint density at radius 1 is 1.00 bits per heavy atom. The normalized spacial score (nSPS) is 11.1. The summed E-state index contributed by atoms with van der Waals surface area (Å²) in [5, 5.41) is 0. The van der Waals surface area contributed by atoms with Gasteiger partial charge in [0.15, 0.2) is 0 Å². The van der Waals surface area contributed by atoms with Crippen LogP contribution in [0.25, 0.3) is 0 Å². The van der Waals surface area contributed by atoms with E-state index in [0.29, 0.717) is 18.1 Å². The molecule has 5 heteroatoms. The molecule has 0 saturated heterocycles. The fourth-order valence-corrected chi connectivity index (χ4v) is 2.67. The van der Waals surface area contributed by atoms with Gasteiger partial charge in [-0.3, -0.25) is 0 Å². The summed E-state index contributed by atoms with van der Waals surface area (Å²) in [6.45, 7) is 4.20. The summed E-state index contributed by atoms with van der Waals surface area (Å²) in [7, 11) is -3.82. The molecule has 0 aliphatic heterocycles. The number of rotatable bonds is 5. The van der Waals surface area contributed by atoms with Crippen molar-refractivity contribution in [2.24, 2.45) is 0 Å². The van der Waals surface area contributed by atoms with E-state index in [9.17, 15) is 8.42 Å². The molecule has 0 bridgehead atoms. The van der Waals surface area contributed by atoms with Gasteiger partial charge in [0.2, 0.25) is 0 Å². The highest BCUT2D eigenvalue weighted by atomic mass is 32.2. The minimum Gasteiger partial charge on any atom is -0.494 e. The van der Waals surface area contributed by atoms with Crippen LogP contribution in [-0.2, 0) is 10.1 Å². The average Bonchev–Trinajstić information content (AvgIpc) is 2.42. The van der Waals surface area contributed by atoms with Crippen LogP contribution in [0.3, 0.4) is 0 Å². The molecule has 0 aliphatic rings. The van der Waals surface area contributed by atoms with Gasteiger partial charge in [-0.25, -0.2) is 0 Å². The van der Waals surface area contributed by atoms with E-state index in [1.165, 1.54) is 12.1 Å².